The van der Waals surface area contributed by atoms with Gasteiger partial charge in [0.15, 0.2) is 5.17 Å². The molecule has 2 rings (SSSR count). The first-order valence-electron chi connectivity index (χ1n) is 5.97. The molecule has 0 saturated heterocycles. The van der Waals surface area contributed by atoms with Gasteiger partial charge < -0.3 is 5.32 Å². The minimum atomic E-state index is 0.0585. The SMILES string of the molecule is Cc1cncc(C)c1CSC1=NC(C)CC(=O)N1. The number of carbonyl (C=O) groups excluding carboxylic acids is 1. The summed E-state index contributed by atoms with van der Waals surface area (Å²) in [5, 5.41) is 3.55. The summed E-state index contributed by atoms with van der Waals surface area (Å²) in [7, 11) is 0. The van der Waals surface area contributed by atoms with Crippen LogP contribution in [-0.2, 0) is 10.5 Å². The van der Waals surface area contributed by atoms with Gasteiger partial charge in [-0.05, 0) is 37.5 Å². The summed E-state index contributed by atoms with van der Waals surface area (Å²) < 4.78 is 0. The molecule has 1 N–H and O–H groups in total. The number of aryl methyl sites for hydroxylation is 2. The third-order valence-corrected chi connectivity index (χ3v) is 3.82. The van der Waals surface area contributed by atoms with Gasteiger partial charge in [-0.1, -0.05) is 11.8 Å². The highest BCUT2D eigenvalue weighted by molar-refractivity contribution is 8.13. The maximum absolute atomic E-state index is 11.4. The Morgan fingerprint density at radius 2 is 2.06 bits per heavy atom. The zero-order valence-electron chi connectivity index (χ0n) is 10.9. The molecule has 0 aromatic carbocycles. The van der Waals surface area contributed by atoms with Crippen molar-refractivity contribution in [2.45, 2.75) is 39.0 Å². The Hall–Kier alpha value is -1.36. The Morgan fingerprint density at radius 3 is 2.67 bits per heavy atom. The number of aliphatic imine (C=N–C) groups is 1. The van der Waals surface area contributed by atoms with Crippen LogP contribution >= 0.6 is 11.8 Å². The minimum absolute atomic E-state index is 0.0585. The van der Waals surface area contributed by atoms with Gasteiger partial charge in [0, 0.05) is 24.6 Å². The number of nitrogens with one attached hydrogen (secondary N) is 1. The van der Waals surface area contributed by atoms with Crippen LogP contribution in [0.2, 0.25) is 0 Å². The van der Waals surface area contributed by atoms with Crippen LogP contribution in [0, 0.1) is 13.8 Å². The van der Waals surface area contributed by atoms with E-state index in [2.05, 4.69) is 29.1 Å². The van der Waals surface area contributed by atoms with Crippen molar-refractivity contribution in [3.8, 4) is 0 Å². The molecule has 0 spiro atoms. The summed E-state index contributed by atoms with van der Waals surface area (Å²) in [4.78, 5) is 20.0. The number of nitrogens with zero attached hydrogens (tertiary/aromatic N) is 2. The van der Waals surface area contributed by atoms with Crippen molar-refractivity contribution in [1.29, 1.82) is 0 Å². The molecule has 0 aliphatic carbocycles. The molecule has 5 heteroatoms. The summed E-state index contributed by atoms with van der Waals surface area (Å²) >= 11 is 1.58. The fourth-order valence-corrected chi connectivity index (χ4v) is 3.06. The van der Waals surface area contributed by atoms with E-state index in [0.29, 0.717) is 6.42 Å². The van der Waals surface area contributed by atoms with Gasteiger partial charge in [-0.25, -0.2) is 0 Å². The number of hydrogen-bond acceptors (Lipinski definition) is 4. The van der Waals surface area contributed by atoms with E-state index in [1.807, 2.05) is 19.3 Å². The van der Waals surface area contributed by atoms with Crippen LogP contribution in [-0.4, -0.2) is 22.1 Å². The van der Waals surface area contributed by atoms with Gasteiger partial charge in [-0.3, -0.25) is 14.8 Å². The lowest BCUT2D eigenvalue weighted by atomic mass is 10.1. The summed E-state index contributed by atoms with van der Waals surface area (Å²) in [6, 6.07) is 0.0842. The highest BCUT2D eigenvalue weighted by atomic mass is 32.2. The van der Waals surface area contributed by atoms with Crippen LogP contribution in [0.25, 0.3) is 0 Å². The number of hydrogen-bond donors (Lipinski definition) is 1. The zero-order chi connectivity index (χ0) is 13.1. The number of aromatic nitrogens is 1. The number of amides is 1. The van der Waals surface area contributed by atoms with Crippen molar-refractivity contribution in [3.63, 3.8) is 0 Å². The molecule has 1 aromatic rings. The molecule has 1 aromatic heterocycles. The molecular weight excluding hydrogens is 246 g/mol. The van der Waals surface area contributed by atoms with E-state index in [9.17, 15) is 4.79 Å². The van der Waals surface area contributed by atoms with Gasteiger partial charge >= 0.3 is 0 Å². The molecule has 18 heavy (non-hydrogen) atoms. The number of pyridine rings is 1. The molecule has 1 aliphatic rings. The molecule has 1 atom stereocenters. The highest BCUT2D eigenvalue weighted by Crippen LogP contribution is 2.21. The predicted octanol–water partition coefficient (Wildman–Crippen LogP) is 2.20. The molecule has 2 heterocycles. The largest absolute Gasteiger partial charge is 0.305 e. The fourth-order valence-electron chi connectivity index (χ4n) is 1.89. The topological polar surface area (TPSA) is 54.4 Å². The lowest BCUT2D eigenvalue weighted by Crippen LogP contribution is -2.35. The lowest BCUT2D eigenvalue weighted by Gasteiger charge is -2.18. The first kappa shape index (κ1) is 13.1. The lowest BCUT2D eigenvalue weighted by molar-refractivity contribution is -0.120. The van der Waals surface area contributed by atoms with Crippen LogP contribution in [0.5, 0.6) is 0 Å². The molecule has 96 valence electrons. The minimum Gasteiger partial charge on any atom is -0.305 e. The maximum Gasteiger partial charge on any atom is 0.228 e. The van der Waals surface area contributed by atoms with Crippen LogP contribution in [0.4, 0.5) is 0 Å². The highest BCUT2D eigenvalue weighted by Gasteiger charge is 2.17. The van der Waals surface area contributed by atoms with Gasteiger partial charge in [-0.15, -0.1) is 0 Å². The van der Waals surface area contributed by atoms with E-state index in [1.54, 1.807) is 11.8 Å². The molecule has 0 saturated carbocycles. The van der Waals surface area contributed by atoms with E-state index in [4.69, 9.17) is 0 Å². The number of carbonyl (C=O) groups is 1. The van der Waals surface area contributed by atoms with E-state index in [0.717, 1.165) is 10.9 Å². The Bertz CT molecular complexity index is 479. The standard InChI is InChI=1S/C13H17N3OS/c1-8-5-14-6-9(2)11(8)7-18-13-15-10(3)4-12(17)16-13/h5-6,10H,4,7H2,1-3H3,(H,15,16,17). The first-order valence-corrected chi connectivity index (χ1v) is 6.95. The van der Waals surface area contributed by atoms with E-state index >= 15 is 0 Å². The number of amidine groups is 1. The van der Waals surface area contributed by atoms with E-state index < -0.39 is 0 Å². The second-order valence-electron chi connectivity index (χ2n) is 4.58. The van der Waals surface area contributed by atoms with Crippen molar-refractivity contribution in [2.75, 3.05) is 0 Å². The van der Waals surface area contributed by atoms with Gasteiger partial charge in [0.2, 0.25) is 5.91 Å². The van der Waals surface area contributed by atoms with Gasteiger partial charge in [0.1, 0.15) is 0 Å². The maximum atomic E-state index is 11.4. The average Bonchev–Trinajstić information content (AvgIpc) is 2.27. The second kappa shape index (κ2) is 5.52. The summed E-state index contributed by atoms with van der Waals surface area (Å²) in [6.07, 6.45) is 4.22. The number of rotatable bonds is 2. The van der Waals surface area contributed by atoms with E-state index in [-0.39, 0.29) is 11.9 Å². The summed E-state index contributed by atoms with van der Waals surface area (Å²) in [5.74, 6) is 0.870. The monoisotopic (exact) mass is 263 g/mol. The number of thioether (sulfide) groups is 1. The predicted molar refractivity (Wildman–Crippen MR) is 74.7 cm³/mol. The van der Waals surface area contributed by atoms with Crippen LogP contribution in [0.15, 0.2) is 17.4 Å². The fraction of sp³-hybridized carbons (Fsp3) is 0.462. The van der Waals surface area contributed by atoms with Gasteiger partial charge in [0.25, 0.3) is 0 Å². The Labute approximate surface area is 111 Å². The van der Waals surface area contributed by atoms with Crippen molar-refractivity contribution in [1.82, 2.24) is 10.3 Å². The molecular formula is C13H17N3OS. The Kier molecular flexibility index (Phi) is 4.01. The second-order valence-corrected chi connectivity index (χ2v) is 5.54. The van der Waals surface area contributed by atoms with Crippen molar-refractivity contribution in [2.24, 2.45) is 4.99 Å². The average molecular weight is 263 g/mol. The van der Waals surface area contributed by atoms with Gasteiger partial charge in [-0.2, -0.15) is 0 Å². The Balaban J connectivity index is 2.06. The molecule has 1 aliphatic heterocycles. The molecule has 0 fully saturated rings. The molecule has 1 unspecified atom stereocenters. The summed E-state index contributed by atoms with van der Waals surface area (Å²) in [5.41, 5.74) is 3.63. The molecule has 0 radical (unpaired) electrons. The molecule has 0 bridgehead atoms. The Morgan fingerprint density at radius 1 is 1.39 bits per heavy atom. The smallest absolute Gasteiger partial charge is 0.228 e. The van der Waals surface area contributed by atoms with Gasteiger partial charge in [0.05, 0.1) is 6.04 Å². The molecule has 4 nitrogen and oxygen atoms in total. The van der Waals surface area contributed by atoms with Crippen molar-refractivity contribution >= 4 is 22.8 Å². The molecule has 1 amide bonds. The van der Waals surface area contributed by atoms with Crippen molar-refractivity contribution in [3.05, 3.63) is 29.1 Å². The van der Waals surface area contributed by atoms with Crippen LogP contribution in [0.3, 0.4) is 0 Å². The summed E-state index contributed by atoms with van der Waals surface area (Å²) in [6.45, 7) is 6.07. The van der Waals surface area contributed by atoms with Crippen LogP contribution < -0.4 is 5.32 Å². The van der Waals surface area contributed by atoms with E-state index in [1.165, 1.54) is 16.7 Å². The van der Waals surface area contributed by atoms with Crippen LogP contribution in [0.1, 0.15) is 30.0 Å². The first-order chi connectivity index (χ1) is 8.56. The third kappa shape index (κ3) is 3.10. The normalized spacial score (nSPS) is 19.4. The third-order valence-electron chi connectivity index (χ3n) is 2.91. The van der Waals surface area contributed by atoms with Crippen molar-refractivity contribution < 1.29 is 4.79 Å². The zero-order valence-corrected chi connectivity index (χ0v) is 11.7. The quantitative estimate of drug-likeness (QED) is 0.890.